The fourth-order valence-electron chi connectivity index (χ4n) is 1.08. The number of aryl methyl sites for hydroxylation is 1. The molecule has 0 bridgehead atoms. The molecule has 0 unspecified atom stereocenters. The van der Waals surface area contributed by atoms with E-state index < -0.39 is 12.3 Å². The Labute approximate surface area is 83.6 Å². The van der Waals surface area contributed by atoms with Gasteiger partial charge in [0.05, 0.1) is 5.56 Å². The highest BCUT2D eigenvalue weighted by Crippen LogP contribution is 2.21. The molecule has 0 saturated heterocycles. The molecule has 0 atom stereocenters. The van der Waals surface area contributed by atoms with Crippen LogP contribution in [0.1, 0.15) is 15.9 Å². The molecule has 0 aliphatic carbocycles. The molecule has 15 heavy (non-hydrogen) atoms. The fraction of sp³-hybridized carbons (Fsp3) is 0.222. The van der Waals surface area contributed by atoms with Crippen molar-refractivity contribution in [1.29, 1.82) is 0 Å². The van der Waals surface area contributed by atoms with Crippen LogP contribution in [0.25, 0.3) is 0 Å². The molecule has 0 fully saturated rings. The second kappa shape index (κ2) is 3.80. The monoisotopic (exact) mass is 219 g/mol. The normalized spacial score (nSPS) is 11.2. The first-order chi connectivity index (χ1) is 6.79. The molecule has 0 aromatic heterocycles. The van der Waals surface area contributed by atoms with Crippen molar-refractivity contribution in [2.24, 2.45) is 0 Å². The number of anilines is 1. The highest BCUT2D eigenvalue weighted by atomic mass is 19.4. The molecule has 2 N–H and O–H groups in total. The lowest BCUT2D eigenvalue weighted by Gasteiger charge is -2.09. The highest BCUT2D eigenvalue weighted by molar-refractivity contribution is 5.91. The quantitative estimate of drug-likeness (QED) is 0.582. The summed E-state index contributed by atoms with van der Waals surface area (Å²) in [6, 6.07) is 3.92. The summed E-state index contributed by atoms with van der Waals surface area (Å²) in [5.74, 6) is -1.43. The van der Waals surface area contributed by atoms with E-state index in [1.165, 1.54) is 25.1 Å². The molecule has 1 rings (SSSR count). The van der Waals surface area contributed by atoms with E-state index in [4.69, 9.17) is 5.73 Å². The molecule has 0 radical (unpaired) electrons. The number of nitrogens with two attached hydrogens (primary N) is 1. The van der Waals surface area contributed by atoms with Gasteiger partial charge in [-0.3, -0.25) is 0 Å². The van der Waals surface area contributed by atoms with Gasteiger partial charge in [-0.15, -0.1) is 13.2 Å². The minimum absolute atomic E-state index is 0.151. The summed E-state index contributed by atoms with van der Waals surface area (Å²) in [6.45, 7) is 1.48. The smallest absolute Gasteiger partial charge is 0.399 e. The summed E-state index contributed by atoms with van der Waals surface area (Å²) in [5, 5.41) is 0. The first kappa shape index (κ1) is 11.4. The molecule has 1 aromatic carbocycles. The number of nitrogen functional groups attached to an aromatic ring is 1. The number of hydrogen-bond acceptors (Lipinski definition) is 3. The Bertz CT molecular complexity index is 387. The van der Waals surface area contributed by atoms with Gasteiger partial charge in [0.2, 0.25) is 0 Å². The maximum atomic E-state index is 11.7. The van der Waals surface area contributed by atoms with Crippen LogP contribution in [0.5, 0.6) is 0 Å². The predicted octanol–water partition coefficient (Wildman–Crippen LogP) is 2.25. The van der Waals surface area contributed by atoms with Crippen LogP contribution >= 0.6 is 0 Å². The Balaban J connectivity index is 2.92. The molecule has 0 aliphatic heterocycles. The highest BCUT2D eigenvalue weighted by Gasteiger charge is 2.34. The van der Waals surface area contributed by atoms with Gasteiger partial charge in [0.15, 0.2) is 0 Å². The topological polar surface area (TPSA) is 52.3 Å². The zero-order chi connectivity index (χ0) is 11.6. The molecule has 6 heteroatoms. The molecule has 1 aromatic rings. The van der Waals surface area contributed by atoms with E-state index in [-0.39, 0.29) is 5.56 Å². The molecule has 0 saturated carbocycles. The van der Waals surface area contributed by atoms with E-state index in [9.17, 15) is 18.0 Å². The van der Waals surface area contributed by atoms with Crippen LogP contribution in [-0.4, -0.2) is 12.3 Å². The molecular weight excluding hydrogens is 211 g/mol. The van der Waals surface area contributed by atoms with Crippen molar-refractivity contribution in [2.45, 2.75) is 13.3 Å². The summed E-state index contributed by atoms with van der Waals surface area (Å²) in [7, 11) is 0. The van der Waals surface area contributed by atoms with Crippen LogP contribution < -0.4 is 5.73 Å². The van der Waals surface area contributed by atoms with Crippen molar-refractivity contribution in [3.63, 3.8) is 0 Å². The van der Waals surface area contributed by atoms with Crippen molar-refractivity contribution >= 4 is 11.7 Å². The van der Waals surface area contributed by atoms with Gasteiger partial charge < -0.3 is 10.5 Å². The van der Waals surface area contributed by atoms with Gasteiger partial charge in [-0.1, -0.05) is 0 Å². The maximum absolute atomic E-state index is 11.7. The van der Waals surface area contributed by atoms with Crippen LogP contribution in [0.15, 0.2) is 18.2 Å². The van der Waals surface area contributed by atoms with Crippen molar-refractivity contribution < 1.29 is 22.7 Å². The Kier molecular flexibility index (Phi) is 2.88. The third-order valence-electron chi connectivity index (χ3n) is 1.68. The summed E-state index contributed by atoms with van der Waals surface area (Å²) in [6.07, 6.45) is -4.97. The molecular formula is C9H8F3NO2. The molecule has 82 valence electrons. The maximum Gasteiger partial charge on any atom is 0.575 e. The van der Waals surface area contributed by atoms with Crippen LogP contribution in [0.3, 0.4) is 0 Å². The minimum Gasteiger partial charge on any atom is -0.399 e. The van der Waals surface area contributed by atoms with Gasteiger partial charge in [-0.2, -0.15) is 0 Å². The SMILES string of the molecule is Cc1cc(N)ccc1C(=O)OC(F)(F)F. The molecule has 0 heterocycles. The lowest BCUT2D eigenvalue weighted by molar-refractivity contribution is -0.291. The molecule has 0 aliphatic rings. The standard InChI is InChI=1S/C9H8F3NO2/c1-5-4-6(13)2-3-7(5)8(14)15-9(10,11)12/h2-4H,13H2,1H3. The number of esters is 1. The van der Waals surface area contributed by atoms with E-state index in [1.54, 1.807) is 0 Å². The van der Waals surface area contributed by atoms with Crippen LogP contribution in [0.2, 0.25) is 0 Å². The third kappa shape index (κ3) is 3.16. The minimum atomic E-state index is -4.97. The van der Waals surface area contributed by atoms with Gasteiger partial charge in [0, 0.05) is 5.69 Å². The summed E-state index contributed by atoms with van der Waals surface area (Å²) < 4.78 is 38.5. The van der Waals surface area contributed by atoms with Gasteiger partial charge in [0.1, 0.15) is 0 Å². The largest absolute Gasteiger partial charge is 0.575 e. The zero-order valence-electron chi connectivity index (χ0n) is 7.76. The van der Waals surface area contributed by atoms with Gasteiger partial charge in [0.25, 0.3) is 0 Å². The lowest BCUT2D eigenvalue weighted by atomic mass is 10.1. The molecule has 0 amide bonds. The number of alkyl halides is 3. The van der Waals surface area contributed by atoms with E-state index in [0.29, 0.717) is 11.3 Å². The molecule has 3 nitrogen and oxygen atoms in total. The fourth-order valence-corrected chi connectivity index (χ4v) is 1.08. The van der Waals surface area contributed by atoms with E-state index in [1.807, 2.05) is 0 Å². The van der Waals surface area contributed by atoms with Crippen molar-refractivity contribution in [1.82, 2.24) is 0 Å². The average molecular weight is 219 g/mol. The van der Waals surface area contributed by atoms with Crippen molar-refractivity contribution in [3.05, 3.63) is 29.3 Å². The Morgan fingerprint density at radius 1 is 1.40 bits per heavy atom. The predicted molar refractivity (Wildman–Crippen MR) is 47.1 cm³/mol. The third-order valence-corrected chi connectivity index (χ3v) is 1.68. The van der Waals surface area contributed by atoms with Gasteiger partial charge >= 0.3 is 12.3 Å². The Hall–Kier alpha value is -1.72. The van der Waals surface area contributed by atoms with E-state index >= 15 is 0 Å². The number of ether oxygens (including phenoxy) is 1. The second-order valence-electron chi connectivity index (χ2n) is 2.91. The summed E-state index contributed by atoms with van der Waals surface area (Å²) >= 11 is 0. The number of carbonyl (C=O) groups excluding carboxylic acids is 1. The van der Waals surface area contributed by atoms with Crippen LogP contribution in [0.4, 0.5) is 18.9 Å². The number of benzene rings is 1. The lowest BCUT2D eigenvalue weighted by Crippen LogP contribution is -2.20. The zero-order valence-corrected chi connectivity index (χ0v) is 7.76. The van der Waals surface area contributed by atoms with Crippen molar-refractivity contribution in [3.8, 4) is 0 Å². The van der Waals surface area contributed by atoms with Gasteiger partial charge in [-0.05, 0) is 30.7 Å². The second-order valence-corrected chi connectivity index (χ2v) is 2.91. The number of hydrogen-bond donors (Lipinski definition) is 1. The average Bonchev–Trinajstić information content (AvgIpc) is 1.99. The van der Waals surface area contributed by atoms with Crippen molar-refractivity contribution in [2.75, 3.05) is 5.73 Å². The number of rotatable bonds is 1. The van der Waals surface area contributed by atoms with E-state index in [2.05, 4.69) is 4.74 Å². The van der Waals surface area contributed by atoms with Crippen LogP contribution in [-0.2, 0) is 4.74 Å². The van der Waals surface area contributed by atoms with Crippen LogP contribution in [0, 0.1) is 6.92 Å². The Morgan fingerprint density at radius 3 is 2.47 bits per heavy atom. The Morgan fingerprint density at radius 2 is 2.00 bits per heavy atom. The first-order valence-electron chi connectivity index (χ1n) is 3.96. The molecule has 0 spiro atoms. The number of carbonyl (C=O) groups is 1. The first-order valence-corrected chi connectivity index (χ1v) is 3.96. The van der Waals surface area contributed by atoms with E-state index in [0.717, 1.165) is 0 Å². The summed E-state index contributed by atoms with van der Waals surface area (Å²) in [4.78, 5) is 11.0. The number of halogens is 3. The van der Waals surface area contributed by atoms with Gasteiger partial charge in [-0.25, -0.2) is 4.79 Å². The summed E-state index contributed by atoms with van der Waals surface area (Å²) in [5.41, 5.74) is 5.94.